The van der Waals surface area contributed by atoms with E-state index in [0.717, 1.165) is 29.4 Å². The molecule has 2 fully saturated rings. The van der Waals surface area contributed by atoms with Crippen molar-refractivity contribution in [3.05, 3.63) is 64.4 Å². The smallest absolute Gasteiger partial charge is 0.0867 e. The van der Waals surface area contributed by atoms with Gasteiger partial charge in [0.1, 0.15) is 0 Å². The predicted molar refractivity (Wildman–Crippen MR) is 97.3 cm³/mol. The first-order valence-electron chi connectivity index (χ1n) is 8.52. The number of nitriles is 1. The Kier molecular flexibility index (Phi) is 4.15. The molecule has 0 saturated carbocycles. The SMILES string of the molecule is N#CC1(c2cncc(Br)c2)CC2CCC(C1)N2Cc1ccccc1. The number of pyridine rings is 1. The van der Waals surface area contributed by atoms with E-state index in [2.05, 4.69) is 68.3 Å². The summed E-state index contributed by atoms with van der Waals surface area (Å²) in [6.07, 6.45) is 7.87. The Labute approximate surface area is 151 Å². The summed E-state index contributed by atoms with van der Waals surface area (Å²) in [4.78, 5) is 6.92. The average molecular weight is 382 g/mol. The van der Waals surface area contributed by atoms with Gasteiger partial charge in [0.2, 0.25) is 0 Å². The lowest BCUT2D eigenvalue weighted by Crippen LogP contribution is -2.48. The van der Waals surface area contributed by atoms with E-state index in [-0.39, 0.29) is 0 Å². The van der Waals surface area contributed by atoms with Crippen LogP contribution < -0.4 is 0 Å². The van der Waals surface area contributed by atoms with E-state index in [1.807, 2.05) is 6.20 Å². The second-order valence-electron chi connectivity index (χ2n) is 7.04. The number of hydrogen-bond acceptors (Lipinski definition) is 3. The summed E-state index contributed by atoms with van der Waals surface area (Å²) >= 11 is 3.50. The molecule has 4 rings (SSSR count). The topological polar surface area (TPSA) is 39.9 Å². The van der Waals surface area contributed by atoms with E-state index in [1.165, 1.54) is 18.4 Å². The molecule has 2 atom stereocenters. The normalized spacial score (nSPS) is 29.3. The van der Waals surface area contributed by atoms with Crippen molar-refractivity contribution in [1.82, 2.24) is 9.88 Å². The minimum absolute atomic E-state index is 0.393. The molecule has 3 heterocycles. The van der Waals surface area contributed by atoms with E-state index in [0.29, 0.717) is 12.1 Å². The maximum absolute atomic E-state index is 10.0. The van der Waals surface area contributed by atoms with Crippen molar-refractivity contribution in [3.63, 3.8) is 0 Å². The van der Waals surface area contributed by atoms with Crippen LogP contribution in [-0.2, 0) is 12.0 Å². The maximum Gasteiger partial charge on any atom is 0.0867 e. The first-order chi connectivity index (χ1) is 11.7. The Morgan fingerprint density at radius 3 is 2.50 bits per heavy atom. The zero-order valence-electron chi connectivity index (χ0n) is 13.5. The minimum atomic E-state index is -0.393. The van der Waals surface area contributed by atoms with Crippen LogP contribution in [0.1, 0.15) is 36.8 Å². The Bertz CT molecular complexity index is 754. The number of aromatic nitrogens is 1. The molecule has 24 heavy (non-hydrogen) atoms. The molecule has 2 aliphatic rings. The average Bonchev–Trinajstić information content (AvgIpc) is 2.85. The zero-order valence-corrected chi connectivity index (χ0v) is 15.1. The Morgan fingerprint density at radius 2 is 1.88 bits per heavy atom. The molecule has 2 saturated heterocycles. The highest BCUT2D eigenvalue weighted by molar-refractivity contribution is 9.10. The van der Waals surface area contributed by atoms with Crippen LogP contribution in [0.4, 0.5) is 0 Å². The lowest BCUT2D eigenvalue weighted by atomic mass is 9.71. The van der Waals surface area contributed by atoms with Gasteiger partial charge in [-0.3, -0.25) is 9.88 Å². The molecule has 2 unspecified atom stereocenters. The molecular weight excluding hydrogens is 362 g/mol. The molecule has 0 amide bonds. The van der Waals surface area contributed by atoms with Crippen LogP contribution in [0.5, 0.6) is 0 Å². The number of hydrogen-bond donors (Lipinski definition) is 0. The monoisotopic (exact) mass is 381 g/mol. The summed E-state index contributed by atoms with van der Waals surface area (Å²) in [5.74, 6) is 0. The van der Waals surface area contributed by atoms with Gasteiger partial charge in [-0.2, -0.15) is 5.26 Å². The van der Waals surface area contributed by atoms with Gasteiger partial charge in [0.25, 0.3) is 0 Å². The van der Waals surface area contributed by atoms with E-state index in [9.17, 15) is 5.26 Å². The van der Waals surface area contributed by atoms with Gasteiger partial charge in [-0.25, -0.2) is 0 Å². The van der Waals surface area contributed by atoms with Gasteiger partial charge >= 0.3 is 0 Å². The van der Waals surface area contributed by atoms with Gasteiger partial charge in [0, 0.05) is 35.5 Å². The van der Waals surface area contributed by atoms with Crippen molar-refractivity contribution in [2.45, 2.75) is 49.7 Å². The van der Waals surface area contributed by atoms with Gasteiger partial charge < -0.3 is 0 Å². The summed E-state index contributed by atoms with van der Waals surface area (Å²) in [6.45, 7) is 0.994. The highest BCUT2D eigenvalue weighted by Crippen LogP contribution is 2.47. The van der Waals surface area contributed by atoms with Crippen LogP contribution in [0, 0.1) is 11.3 Å². The fourth-order valence-electron chi connectivity index (χ4n) is 4.46. The molecule has 2 aliphatic heterocycles. The molecule has 1 aromatic heterocycles. The lowest BCUT2D eigenvalue weighted by molar-refractivity contribution is 0.0973. The van der Waals surface area contributed by atoms with E-state index in [1.54, 1.807) is 6.20 Å². The fraction of sp³-hybridized carbons (Fsp3) is 0.400. The summed E-state index contributed by atoms with van der Waals surface area (Å²) in [7, 11) is 0. The molecule has 0 spiro atoms. The second kappa shape index (κ2) is 6.31. The summed E-state index contributed by atoms with van der Waals surface area (Å²) in [5, 5.41) is 10.0. The van der Waals surface area contributed by atoms with Crippen molar-refractivity contribution >= 4 is 15.9 Å². The minimum Gasteiger partial charge on any atom is -0.293 e. The van der Waals surface area contributed by atoms with Crippen LogP contribution in [0.3, 0.4) is 0 Å². The van der Waals surface area contributed by atoms with Gasteiger partial charge in [0.05, 0.1) is 11.5 Å². The molecule has 3 nitrogen and oxygen atoms in total. The van der Waals surface area contributed by atoms with Crippen molar-refractivity contribution in [3.8, 4) is 6.07 Å². The van der Waals surface area contributed by atoms with Crippen molar-refractivity contribution in [2.24, 2.45) is 0 Å². The number of piperidine rings is 1. The summed E-state index contributed by atoms with van der Waals surface area (Å²) < 4.78 is 0.952. The van der Waals surface area contributed by atoms with E-state index in [4.69, 9.17) is 0 Å². The van der Waals surface area contributed by atoms with Crippen LogP contribution in [-0.4, -0.2) is 22.0 Å². The third kappa shape index (κ3) is 2.76. The molecular formula is C20H20BrN3. The van der Waals surface area contributed by atoms with Crippen molar-refractivity contribution in [2.75, 3.05) is 0 Å². The third-order valence-corrected chi connectivity index (χ3v) is 6.05. The van der Waals surface area contributed by atoms with Gasteiger partial charge in [-0.1, -0.05) is 30.3 Å². The quantitative estimate of drug-likeness (QED) is 0.788. The highest BCUT2D eigenvalue weighted by atomic mass is 79.9. The van der Waals surface area contributed by atoms with Gasteiger partial charge in [0.15, 0.2) is 0 Å². The third-order valence-electron chi connectivity index (χ3n) is 5.62. The molecule has 2 bridgehead atoms. The van der Waals surface area contributed by atoms with Crippen LogP contribution >= 0.6 is 15.9 Å². The van der Waals surface area contributed by atoms with E-state index < -0.39 is 5.41 Å². The van der Waals surface area contributed by atoms with Gasteiger partial charge in [-0.15, -0.1) is 0 Å². The molecule has 1 aromatic carbocycles. The molecule has 4 heteroatoms. The van der Waals surface area contributed by atoms with Gasteiger partial charge in [-0.05, 0) is 58.8 Å². The Balaban J connectivity index is 1.60. The van der Waals surface area contributed by atoms with E-state index >= 15 is 0 Å². The van der Waals surface area contributed by atoms with Crippen LogP contribution in [0.15, 0.2) is 53.3 Å². The van der Waals surface area contributed by atoms with Crippen LogP contribution in [0.25, 0.3) is 0 Å². The first-order valence-corrected chi connectivity index (χ1v) is 9.31. The molecule has 0 radical (unpaired) electrons. The Hall–Kier alpha value is -1.70. The summed E-state index contributed by atoms with van der Waals surface area (Å²) in [5.41, 5.74) is 2.04. The molecule has 0 N–H and O–H groups in total. The number of nitrogens with zero attached hydrogens (tertiary/aromatic N) is 3. The largest absolute Gasteiger partial charge is 0.293 e. The number of fused-ring (bicyclic) bond motifs is 2. The van der Waals surface area contributed by atoms with Crippen molar-refractivity contribution in [1.29, 1.82) is 5.26 Å². The molecule has 122 valence electrons. The maximum atomic E-state index is 10.0. The first kappa shape index (κ1) is 15.8. The predicted octanol–water partition coefficient (Wildman–Crippen LogP) is 4.43. The van der Waals surface area contributed by atoms with Crippen LogP contribution in [0.2, 0.25) is 0 Å². The zero-order chi connectivity index (χ0) is 16.6. The lowest BCUT2D eigenvalue weighted by Gasteiger charge is -2.43. The molecule has 0 aliphatic carbocycles. The Morgan fingerprint density at radius 1 is 1.17 bits per heavy atom. The number of halogens is 1. The highest BCUT2D eigenvalue weighted by Gasteiger charge is 2.49. The number of benzene rings is 1. The fourth-order valence-corrected chi connectivity index (χ4v) is 4.82. The number of rotatable bonds is 3. The second-order valence-corrected chi connectivity index (χ2v) is 7.95. The standard InChI is InChI=1S/C20H20BrN3/c21-17-8-16(11-23-12-17)20(14-22)9-18-6-7-19(10-20)24(18)13-15-4-2-1-3-5-15/h1-5,8,11-12,18-19H,6-7,9-10,13H2. The summed E-state index contributed by atoms with van der Waals surface area (Å²) in [6, 6.07) is 16.4. The van der Waals surface area contributed by atoms with Crippen molar-refractivity contribution < 1.29 is 0 Å². The molecule has 2 aromatic rings.